The Hall–Kier alpha value is -1.87. The third kappa shape index (κ3) is 2.99. The minimum atomic E-state index is -0.258. The summed E-state index contributed by atoms with van der Waals surface area (Å²) in [5, 5.41) is 3.28. The van der Waals surface area contributed by atoms with E-state index in [1.54, 1.807) is 13.2 Å². The maximum absolute atomic E-state index is 13.5. The first kappa shape index (κ1) is 14.5. The molecule has 0 heterocycles. The van der Waals surface area contributed by atoms with E-state index in [9.17, 15) is 4.39 Å². The highest BCUT2D eigenvalue weighted by atomic mass is 19.1. The summed E-state index contributed by atoms with van der Waals surface area (Å²) in [5.74, 6) is 0.424. The van der Waals surface area contributed by atoms with Gasteiger partial charge in [-0.05, 0) is 48.9 Å². The Morgan fingerprint density at radius 2 is 2.00 bits per heavy atom. The van der Waals surface area contributed by atoms with Gasteiger partial charge in [0.05, 0.1) is 7.11 Å². The lowest BCUT2D eigenvalue weighted by molar-refractivity contribution is 0.415. The minimum absolute atomic E-state index is 0.258. The Balaban J connectivity index is 2.48. The topological polar surface area (TPSA) is 21.3 Å². The Morgan fingerprint density at radius 3 is 2.65 bits per heavy atom. The number of halogens is 1. The average molecular weight is 273 g/mol. The molecule has 0 saturated carbocycles. The molecule has 3 heteroatoms. The van der Waals surface area contributed by atoms with Gasteiger partial charge in [-0.25, -0.2) is 4.39 Å². The highest BCUT2D eigenvalue weighted by molar-refractivity contribution is 5.71. The van der Waals surface area contributed by atoms with E-state index in [2.05, 4.69) is 24.4 Å². The lowest BCUT2D eigenvalue weighted by Crippen LogP contribution is -2.15. The summed E-state index contributed by atoms with van der Waals surface area (Å²) in [6.07, 6.45) is 1.00. The number of benzene rings is 2. The molecule has 1 atom stereocenters. The molecule has 2 rings (SSSR count). The Kier molecular flexibility index (Phi) is 4.74. The second-order valence-electron chi connectivity index (χ2n) is 4.72. The second kappa shape index (κ2) is 6.53. The highest BCUT2D eigenvalue weighted by Gasteiger charge is 2.11. The number of methoxy groups -OCH3 is 1. The van der Waals surface area contributed by atoms with Crippen molar-refractivity contribution in [3.05, 3.63) is 53.8 Å². The van der Waals surface area contributed by atoms with E-state index in [4.69, 9.17) is 4.74 Å². The molecular weight excluding hydrogens is 253 g/mol. The van der Waals surface area contributed by atoms with Crippen LogP contribution in [0.1, 0.15) is 24.9 Å². The SMILES string of the molecule is CCC(NC)c1cccc(-c2cc(F)ccc2OC)c1. The van der Waals surface area contributed by atoms with Crippen molar-refractivity contribution in [1.29, 1.82) is 0 Å². The number of hydrogen-bond donors (Lipinski definition) is 1. The molecule has 0 radical (unpaired) electrons. The van der Waals surface area contributed by atoms with Crippen LogP contribution in [0.25, 0.3) is 11.1 Å². The van der Waals surface area contributed by atoms with Crippen molar-refractivity contribution in [3.63, 3.8) is 0 Å². The third-order valence-corrected chi connectivity index (χ3v) is 3.52. The molecule has 2 aromatic carbocycles. The van der Waals surface area contributed by atoms with Gasteiger partial charge in [0.25, 0.3) is 0 Å². The number of ether oxygens (including phenoxy) is 1. The predicted octanol–water partition coefficient (Wildman–Crippen LogP) is 4.17. The molecule has 1 unspecified atom stereocenters. The molecule has 0 aliphatic carbocycles. The fraction of sp³-hybridized carbons (Fsp3) is 0.294. The maximum atomic E-state index is 13.5. The van der Waals surface area contributed by atoms with E-state index in [1.807, 2.05) is 19.2 Å². The van der Waals surface area contributed by atoms with Gasteiger partial charge >= 0.3 is 0 Å². The van der Waals surface area contributed by atoms with Crippen LogP contribution in [-0.4, -0.2) is 14.2 Å². The summed E-state index contributed by atoms with van der Waals surface area (Å²) in [5.41, 5.74) is 2.94. The van der Waals surface area contributed by atoms with E-state index < -0.39 is 0 Å². The zero-order valence-corrected chi connectivity index (χ0v) is 12.1. The van der Waals surface area contributed by atoms with E-state index in [0.717, 1.165) is 17.5 Å². The van der Waals surface area contributed by atoms with E-state index in [0.29, 0.717) is 11.8 Å². The van der Waals surface area contributed by atoms with Gasteiger partial charge in [-0.15, -0.1) is 0 Å². The van der Waals surface area contributed by atoms with Crippen molar-refractivity contribution < 1.29 is 9.13 Å². The van der Waals surface area contributed by atoms with Crippen LogP contribution in [0.2, 0.25) is 0 Å². The van der Waals surface area contributed by atoms with Crippen molar-refractivity contribution in [1.82, 2.24) is 5.32 Å². The summed E-state index contributed by atoms with van der Waals surface area (Å²) < 4.78 is 18.8. The smallest absolute Gasteiger partial charge is 0.126 e. The molecular formula is C17H20FNO. The Morgan fingerprint density at radius 1 is 1.20 bits per heavy atom. The quantitative estimate of drug-likeness (QED) is 0.882. The first-order chi connectivity index (χ1) is 9.69. The van der Waals surface area contributed by atoms with Crippen LogP contribution in [0.4, 0.5) is 4.39 Å². The monoisotopic (exact) mass is 273 g/mol. The van der Waals surface area contributed by atoms with Gasteiger partial charge in [-0.3, -0.25) is 0 Å². The molecule has 0 aliphatic rings. The van der Waals surface area contributed by atoms with Crippen molar-refractivity contribution >= 4 is 0 Å². The first-order valence-corrected chi connectivity index (χ1v) is 6.80. The molecule has 0 amide bonds. The summed E-state index contributed by atoms with van der Waals surface area (Å²) >= 11 is 0. The van der Waals surface area contributed by atoms with Gasteiger partial charge < -0.3 is 10.1 Å². The molecule has 2 nitrogen and oxygen atoms in total. The zero-order valence-electron chi connectivity index (χ0n) is 12.1. The van der Waals surface area contributed by atoms with Gasteiger partial charge in [0.2, 0.25) is 0 Å². The van der Waals surface area contributed by atoms with E-state index in [1.165, 1.54) is 17.7 Å². The van der Waals surface area contributed by atoms with Gasteiger partial charge in [0.15, 0.2) is 0 Å². The number of rotatable bonds is 5. The van der Waals surface area contributed by atoms with Gasteiger partial charge in [0, 0.05) is 11.6 Å². The lowest BCUT2D eigenvalue weighted by Gasteiger charge is -2.16. The first-order valence-electron chi connectivity index (χ1n) is 6.80. The molecule has 0 aliphatic heterocycles. The molecule has 106 valence electrons. The average Bonchev–Trinajstić information content (AvgIpc) is 2.49. The predicted molar refractivity (Wildman–Crippen MR) is 80.5 cm³/mol. The van der Waals surface area contributed by atoms with Crippen LogP contribution in [0, 0.1) is 5.82 Å². The highest BCUT2D eigenvalue weighted by Crippen LogP contribution is 2.32. The van der Waals surface area contributed by atoms with Crippen molar-refractivity contribution in [3.8, 4) is 16.9 Å². The number of nitrogens with one attached hydrogen (secondary N) is 1. The molecule has 20 heavy (non-hydrogen) atoms. The molecule has 0 bridgehead atoms. The van der Waals surface area contributed by atoms with Crippen LogP contribution in [0.3, 0.4) is 0 Å². The van der Waals surface area contributed by atoms with Crippen LogP contribution >= 0.6 is 0 Å². The molecule has 0 spiro atoms. The molecule has 1 N–H and O–H groups in total. The molecule has 0 aromatic heterocycles. The lowest BCUT2D eigenvalue weighted by atomic mass is 9.98. The largest absolute Gasteiger partial charge is 0.496 e. The minimum Gasteiger partial charge on any atom is -0.496 e. The van der Waals surface area contributed by atoms with Gasteiger partial charge in [0.1, 0.15) is 11.6 Å². The summed E-state index contributed by atoms with van der Waals surface area (Å²) in [6.45, 7) is 2.14. The van der Waals surface area contributed by atoms with Crippen molar-refractivity contribution in [2.45, 2.75) is 19.4 Å². The van der Waals surface area contributed by atoms with Crippen molar-refractivity contribution in [2.24, 2.45) is 0 Å². The standard InChI is InChI=1S/C17H20FNO/c1-4-16(19-2)13-7-5-6-12(10-13)15-11-14(18)8-9-17(15)20-3/h5-11,16,19H,4H2,1-3H3. The van der Waals surface area contributed by atoms with Crippen molar-refractivity contribution in [2.75, 3.05) is 14.2 Å². The zero-order chi connectivity index (χ0) is 14.5. The molecule has 2 aromatic rings. The number of hydrogen-bond acceptors (Lipinski definition) is 2. The van der Waals surface area contributed by atoms with Gasteiger partial charge in [-0.1, -0.05) is 25.1 Å². The summed E-state index contributed by atoms with van der Waals surface area (Å²) in [4.78, 5) is 0. The Bertz CT molecular complexity index is 579. The van der Waals surface area contributed by atoms with Crippen LogP contribution in [0.5, 0.6) is 5.75 Å². The van der Waals surface area contributed by atoms with Crippen LogP contribution < -0.4 is 10.1 Å². The fourth-order valence-electron chi connectivity index (χ4n) is 2.44. The van der Waals surface area contributed by atoms with Gasteiger partial charge in [-0.2, -0.15) is 0 Å². The second-order valence-corrected chi connectivity index (χ2v) is 4.72. The Labute approximate surface area is 119 Å². The third-order valence-electron chi connectivity index (χ3n) is 3.52. The fourth-order valence-corrected chi connectivity index (χ4v) is 2.44. The molecule has 0 saturated heterocycles. The summed E-state index contributed by atoms with van der Waals surface area (Å²) in [7, 11) is 3.55. The molecule has 0 fully saturated rings. The van der Waals surface area contributed by atoms with Crippen LogP contribution in [0.15, 0.2) is 42.5 Å². The maximum Gasteiger partial charge on any atom is 0.126 e. The van der Waals surface area contributed by atoms with E-state index in [-0.39, 0.29) is 5.82 Å². The van der Waals surface area contributed by atoms with Crippen LogP contribution in [-0.2, 0) is 0 Å². The summed E-state index contributed by atoms with van der Waals surface area (Å²) in [6, 6.07) is 13.0. The van der Waals surface area contributed by atoms with E-state index >= 15 is 0 Å². The normalized spacial score (nSPS) is 12.2.